The summed E-state index contributed by atoms with van der Waals surface area (Å²) in [5.74, 6) is 0.0260. The van der Waals surface area contributed by atoms with Gasteiger partial charge in [-0.15, -0.1) is 0 Å². The first-order chi connectivity index (χ1) is 5.84. The highest BCUT2D eigenvalue weighted by molar-refractivity contribution is 5.74. The van der Waals surface area contributed by atoms with Crippen molar-refractivity contribution < 1.29 is 9.90 Å². The molecule has 0 aromatic rings. The summed E-state index contributed by atoms with van der Waals surface area (Å²) < 4.78 is 0. The summed E-state index contributed by atoms with van der Waals surface area (Å²) in [5, 5.41) is 9.18. The van der Waals surface area contributed by atoms with Crippen LogP contribution in [0.3, 0.4) is 0 Å². The van der Waals surface area contributed by atoms with Gasteiger partial charge in [-0.1, -0.05) is 34.1 Å². The van der Waals surface area contributed by atoms with Crippen molar-refractivity contribution in [2.75, 3.05) is 0 Å². The minimum atomic E-state index is -0.657. The zero-order chi connectivity index (χ0) is 10.6. The maximum atomic E-state index is 11.2. The maximum Gasteiger partial charge on any atom is 0.309 e. The third kappa shape index (κ3) is 3.02. The smallest absolute Gasteiger partial charge is 0.309 e. The summed E-state index contributed by atoms with van der Waals surface area (Å²) in [6.07, 6.45) is 1.69. The Morgan fingerprint density at radius 3 is 2.08 bits per heavy atom. The fourth-order valence-electron chi connectivity index (χ4n) is 1.80. The lowest BCUT2D eigenvalue weighted by Gasteiger charge is -2.32. The summed E-state index contributed by atoms with van der Waals surface area (Å²) in [4.78, 5) is 11.2. The first-order valence-corrected chi connectivity index (χ1v) is 5.08. The van der Waals surface area contributed by atoms with Crippen LogP contribution in [-0.4, -0.2) is 11.1 Å². The molecule has 0 aromatic heterocycles. The van der Waals surface area contributed by atoms with Crippen molar-refractivity contribution in [3.05, 3.63) is 0 Å². The minimum Gasteiger partial charge on any atom is -0.481 e. The second-order valence-electron chi connectivity index (χ2n) is 4.63. The molecule has 0 aromatic carbocycles. The van der Waals surface area contributed by atoms with Crippen LogP contribution in [0.5, 0.6) is 0 Å². The first kappa shape index (κ1) is 12.5. The van der Waals surface area contributed by atoms with Gasteiger partial charge in [0.25, 0.3) is 0 Å². The molecule has 1 N–H and O–H groups in total. The number of carbonyl (C=O) groups is 1. The van der Waals surface area contributed by atoms with Crippen LogP contribution in [0, 0.1) is 17.3 Å². The molecule has 0 saturated heterocycles. The molecule has 0 aliphatic heterocycles. The average Bonchev–Trinajstić information content (AvgIpc) is 2.01. The summed E-state index contributed by atoms with van der Waals surface area (Å²) >= 11 is 0. The number of hydrogen-bond donors (Lipinski definition) is 1. The Balaban J connectivity index is 4.62. The summed E-state index contributed by atoms with van der Waals surface area (Å²) in [6, 6.07) is 0. The van der Waals surface area contributed by atoms with Crippen LogP contribution < -0.4 is 0 Å². The van der Waals surface area contributed by atoms with E-state index in [0.29, 0.717) is 5.92 Å². The summed E-state index contributed by atoms with van der Waals surface area (Å²) in [7, 11) is 0. The van der Waals surface area contributed by atoms with Crippen molar-refractivity contribution in [3.63, 3.8) is 0 Å². The van der Waals surface area contributed by atoms with Gasteiger partial charge >= 0.3 is 5.97 Å². The molecule has 2 nitrogen and oxygen atoms in total. The van der Waals surface area contributed by atoms with Crippen molar-refractivity contribution in [1.29, 1.82) is 0 Å². The zero-order valence-electron chi connectivity index (χ0n) is 9.42. The van der Waals surface area contributed by atoms with Crippen molar-refractivity contribution in [1.82, 2.24) is 0 Å². The van der Waals surface area contributed by atoms with Crippen LogP contribution in [0.25, 0.3) is 0 Å². The highest BCUT2D eigenvalue weighted by Gasteiger charge is 2.38. The van der Waals surface area contributed by atoms with Crippen LogP contribution in [-0.2, 0) is 4.79 Å². The molecule has 0 aliphatic rings. The Labute approximate surface area is 81.3 Å². The standard InChI is InChI=1S/C11H22O2/c1-6-9(4)11(5,10(12)13)7-8(2)3/h8-9H,6-7H2,1-5H3,(H,12,13). The maximum absolute atomic E-state index is 11.2. The van der Waals surface area contributed by atoms with Gasteiger partial charge in [-0.3, -0.25) is 4.79 Å². The van der Waals surface area contributed by atoms with Crippen LogP contribution in [0.1, 0.15) is 47.5 Å². The molecule has 0 saturated carbocycles. The number of hydrogen-bond acceptors (Lipinski definition) is 1. The normalized spacial score (nSPS) is 18.3. The Morgan fingerprint density at radius 1 is 1.38 bits per heavy atom. The zero-order valence-corrected chi connectivity index (χ0v) is 9.42. The van der Waals surface area contributed by atoms with Crippen molar-refractivity contribution in [3.8, 4) is 0 Å². The Kier molecular flexibility index (Phi) is 4.45. The second-order valence-corrected chi connectivity index (χ2v) is 4.63. The molecule has 0 aliphatic carbocycles. The molecule has 78 valence electrons. The van der Waals surface area contributed by atoms with Gasteiger partial charge in [0.05, 0.1) is 5.41 Å². The molecule has 2 heteroatoms. The first-order valence-electron chi connectivity index (χ1n) is 5.08. The van der Waals surface area contributed by atoms with E-state index in [1.807, 2.05) is 20.8 Å². The van der Waals surface area contributed by atoms with Crippen molar-refractivity contribution in [2.45, 2.75) is 47.5 Å². The second kappa shape index (κ2) is 4.64. The predicted molar refractivity (Wildman–Crippen MR) is 54.7 cm³/mol. The van der Waals surface area contributed by atoms with E-state index in [-0.39, 0.29) is 5.92 Å². The average molecular weight is 186 g/mol. The van der Waals surface area contributed by atoms with E-state index in [1.54, 1.807) is 0 Å². The van der Waals surface area contributed by atoms with Gasteiger partial charge in [0.15, 0.2) is 0 Å². The topological polar surface area (TPSA) is 37.3 Å². The fourth-order valence-corrected chi connectivity index (χ4v) is 1.80. The largest absolute Gasteiger partial charge is 0.481 e. The highest BCUT2D eigenvalue weighted by atomic mass is 16.4. The van der Waals surface area contributed by atoms with E-state index in [2.05, 4.69) is 13.8 Å². The Hall–Kier alpha value is -0.530. The molecule has 0 spiro atoms. The SMILES string of the molecule is CCC(C)C(C)(CC(C)C)C(=O)O. The van der Waals surface area contributed by atoms with E-state index < -0.39 is 11.4 Å². The molecule has 0 radical (unpaired) electrons. The molecule has 0 amide bonds. The highest BCUT2D eigenvalue weighted by Crippen LogP contribution is 2.36. The van der Waals surface area contributed by atoms with Crippen molar-refractivity contribution in [2.24, 2.45) is 17.3 Å². The van der Waals surface area contributed by atoms with Crippen LogP contribution in [0.2, 0.25) is 0 Å². The van der Waals surface area contributed by atoms with Gasteiger partial charge in [-0.25, -0.2) is 0 Å². The quantitative estimate of drug-likeness (QED) is 0.716. The number of carboxylic acid groups (broad SMARTS) is 1. The van der Waals surface area contributed by atoms with Gasteiger partial charge in [0.1, 0.15) is 0 Å². The van der Waals surface area contributed by atoms with E-state index >= 15 is 0 Å². The van der Waals surface area contributed by atoms with Crippen LogP contribution >= 0.6 is 0 Å². The summed E-state index contributed by atoms with van der Waals surface area (Å²) in [5.41, 5.74) is -0.553. The van der Waals surface area contributed by atoms with Crippen molar-refractivity contribution >= 4 is 5.97 Å². The lowest BCUT2D eigenvalue weighted by molar-refractivity contribution is -0.152. The summed E-state index contributed by atoms with van der Waals surface area (Å²) in [6.45, 7) is 10.1. The number of rotatable bonds is 5. The Morgan fingerprint density at radius 2 is 1.85 bits per heavy atom. The molecular formula is C11H22O2. The van der Waals surface area contributed by atoms with Gasteiger partial charge in [-0.2, -0.15) is 0 Å². The predicted octanol–water partition coefficient (Wildman–Crippen LogP) is 3.17. The lowest BCUT2D eigenvalue weighted by atomic mass is 9.71. The van der Waals surface area contributed by atoms with Crippen LogP contribution in [0.15, 0.2) is 0 Å². The fraction of sp³-hybridized carbons (Fsp3) is 0.909. The molecule has 2 unspecified atom stereocenters. The van der Waals surface area contributed by atoms with Gasteiger partial charge in [-0.05, 0) is 25.2 Å². The number of aliphatic carboxylic acids is 1. The van der Waals surface area contributed by atoms with Crippen LogP contribution in [0.4, 0.5) is 0 Å². The van der Waals surface area contributed by atoms with E-state index in [1.165, 1.54) is 0 Å². The molecule has 0 heterocycles. The molecule has 0 rings (SSSR count). The van der Waals surface area contributed by atoms with Gasteiger partial charge < -0.3 is 5.11 Å². The third-order valence-electron chi connectivity index (χ3n) is 3.02. The minimum absolute atomic E-state index is 0.243. The molecule has 0 bridgehead atoms. The van der Waals surface area contributed by atoms with E-state index in [4.69, 9.17) is 0 Å². The van der Waals surface area contributed by atoms with Gasteiger partial charge in [0.2, 0.25) is 0 Å². The van der Waals surface area contributed by atoms with E-state index in [9.17, 15) is 9.90 Å². The molecular weight excluding hydrogens is 164 g/mol. The third-order valence-corrected chi connectivity index (χ3v) is 3.02. The molecule has 0 fully saturated rings. The molecule has 2 atom stereocenters. The molecule has 13 heavy (non-hydrogen) atoms. The Bertz CT molecular complexity index is 175. The lowest BCUT2D eigenvalue weighted by Crippen LogP contribution is -2.35. The number of carboxylic acids is 1. The monoisotopic (exact) mass is 186 g/mol. The van der Waals surface area contributed by atoms with Gasteiger partial charge in [0, 0.05) is 0 Å². The van der Waals surface area contributed by atoms with E-state index in [0.717, 1.165) is 12.8 Å².